The third-order valence-electron chi connectivity index (χ3n) is 1.58. The lowest BCUT2D eigenvalue weighted by atomic mass is 10.3. The molecule has 1 aliphatic rings. The highest BCUT2D eigenvalue weighted by atomic mass is 16.6. The Bertz CT molecular complexity index is 171. The van der Waals surface area contributed by atoms with Crippen LogP contribution in [0.5, 0.6) is 0 Å². The van der Waals surface area contributed by atoms with Gasteiger partial charge >= 0.3 is 5.97 Å². The number of rotatable bonds is 5. The second-order valence-electron chi connectivity index (χ2n) is 2.75. The van der Waals surface area contributed by atoms with Crippen LogP contribution in [0, 0.1) is 0 Å². The minimum absolute atomic E-state index is 0.136. The van der Waals surface area contributed by atoms with E-state index in [2.05, 4.69) is 0 Å². The minimum Gasteiger partial charge on any atom is -0.463 e. The van der Waals surface area contributed by atoms with Gasteiger partial charge in [-0.15, -0.1) is 0 Å². The maximum atomic E-state index is 10.9. The normalized spacial score (nSPS) is 21.2. The van der Waals surface area contributed by atoms with Crippen LogP contribution < -0.4 is 0 Å². The van der Waals surface area contributed by atoms with Crippen molar-refractivity contribution in [1.82, 2.24) is 0 Å². The van der Waals surface area contributed by atoms with Crippen LogP contribution in [0.1, 0.15) is 19.8 Å². The summed E-state index contributed by atoms with van der Waals surface area (Å²) < 4.78 is 9.81. The zero-order valence-corrected chi connectivity index (χ0v) is 7.29. The van der Waals surface area contributed by atoms with E-state index in [4.69, 9.17) is 9.47 Å². The molecular formula is C9H14O3. The lowest BCUT2D eigenvalue weighted by Gasteiger charge is -1.99. The molecule has 1 saturated heterocycles. The predicted octanol–water partition coefficient (Wildman–Crippen LogP) is 1.28. The van der Waals surface area contributed by atoms with Crippen molar-refractivity contribution in [2.75, 3.05) is 13.2 Å². The molecule has 0 radical (unpaired) electrons. The Labute approximate surface area is 72.4 Å². The highest BCUT2D eigenvalue weighted by Gasteiger charge is 2.23. The van der Waals surface area contributed by atoms with Gasteiger partial charge in [0.2, 0.25) is 0 Å². The molecule has 1 heterocycles. The number of carbonyl (C=O) groups excluding carboxylic acids is 1. The van der Waals surface area contributed by atoms with E-state index in [0.29, 0.717) is 13.0 Å². The van der Waals surface area contributed by atoms with Crippen LogP contribution in [0.2, 0.25) is 0 Å². The van der Waals surface area contributed by atoms with E-state index < -0.39 is 0 Å². The van der Waals surface area contributed by atoms with Crippen molar-refractivity contribution in [3.8, 4) is 0 Å². The fourth-order valence-corrected chi connectivity index (χ4v) is 0.790. The van der Waals surface area contributed by atoms with Gasteiger partial charge in [0.15, 0.2) is 0 Å². The van der Waals surface area contributed by atoms with Gasteiger partial charge in [-0.05, 0) is 13.3 Å². The van der Waals surface area contributed by atoms with Crippen molar-refractivity contribution in [3.63, 3.8) is 0 Å². The molecule has 3 heteroatoms. The number of esters is 1. The topological polar surface area (TPSA) is 38.8 Å². The summed E-state index contributed by atoms with van der Waals surface area (Å²) in [5, 5.41) is 0. The van der Waals surface area contributed by atoms with Crippen molar-refractivity contribution in [1.29, 1.82) is 0 Å². The predicted molar refractivity (Wildman–Crippen MR) is 44.7 cm³/mol. The number of ether oxygens (including phenoxy) is 2. The Morgan fingerprint density at radius 3 is 3.08 bits per heavy atom. The maximum absolute atomic E-state index is 10.9. The molecule has 0 aromatic rings. The van der Waals surface area contributed by atoms with Gasteiger partial charge in [0.1, 0.15) is 12.7 Å². The van der Waals surface area contributed by atoms with Crippen LogP contribution in [0.15, 0.2) is 12.2 Å². The molecule has 68 valence electrons. The molecule has 0 N–H and O–H groups in total. The van der Waals surface area contributed by atoms with E-state index >= 15 is 0 Å². The summed E-state index contributed by atoms with van der Waals surface area (Å²) in [7, 11) is 0. The highest BCUT2D eigenvalue weighted by molar-refractivity contribution is 5.69. The third-order valence-corrected chi connectivity index (χ3v) is 1.58. The first kappa shape index (κ1) is 9.26. The summed E-state index contributed by atoms with van der Waals surface area (Å²) in [6, 6.07) is 0. The minimum atomic E-state index is -0.136. The average Bonchev–Trinajstić information content (AvgIpc) is 2.84. The Morgan fingerprint density at radius 2 is 2.50 bits per heavy atom. The number of hydrogen-bond acceptors (Lipinski definition) is 3. The van der Waals surface area contributed by atoms with Gasteiger partial charge in [-0.3, -0.25) is 4.79 Å². The molecule has 3 nitrogen and oxygen atoms in total. The van der Waals surface area contributed by atoms with Crippen molar-refractivity contribution in [3.05, 3.63) is 12.2 Å². The van der Waals surface area contributed by atoms with Crippen molar-refractivity contribution < 1.29 is 14.3 Å². The fourth-order valence-electron chi connectivity index (χ4n) is 0.790. The van der Waals surface area contributed by atoms with Gasteiger partial charge in [0, 0.05) is 6.42 Å². The molecular weight excluding hydrogens is 156 g/mol. The molecule has 0 aromatic heterocycles. The molecule has 0 saturated carbocycles. The smallest absolute Gasteiger partial charge is 0.306 e. The van der Waals surface area contributed by atoms with Gasteiger partial charge in [-0.25, -0.2) is 0 Å². The Hall–Kier alpha value is -0.830. The number of allylic oxidation sites excluding steroid dienone is 2. The van der Waals surface area contributed by atoms with E-state index in [0.717, 1.165) is 13.0 Å². The lowest BCUT2D eigenvalue weighted by Crippen LogP contribution is -2.08. The van der Waals surface area contributed by atoms with Crippen LogP contribution in [0.4, 0.5) is 0 Å². The average molecular weight is 170 g/mol. The van der Waals surface area contributed by atoms with E-state index in [1.807, 2.05) is 19.1 Å². The maximum Gasteiger partial charge on any atom is 0.306 e. The van der Waals surface area contributed by atoms with Crippen molar-refractivity contribution >= 4 is 5.97 Å². The number of hydrogen-bond donors (Lipinski definition) is 0. The van der Waals surface area contributed by atoms with Gasteiger partial charge in [-0.2, -0.15) is 0 Å². The van der Waals surface area contributed by atoms with E-state index in [1.54, 1.807) is 0 Å². The fraction of sp³-hybridized carbons (Fsp3) is 0.667. The third kappa shape index (κ3) is 4.13. The Kier molecular flexibility index (Phi) is 3.80. The van der Waals surface area contributed by atoms with Gasteiger partial charge in [0.05, 0.1) is 6.61 Å². The summed E-state index contributed by atoms with van der Waals surface area (Å²) in [6.45, 7) is 3.10. The highest BCUT2D eigenvalue weighted by Crippen LogP contribution is 2.09. The van der Waals surface area contributed by atoms with Crippen molar-refractivity contribution in [2.45, 2.75) is 25.9 Å². The molecule has 0 bridgehead atoms. The zero-order chi connectivity index (χ0) is 8.81. The lowest BCUT2D eigenvalue weighted by molar-refractivity contribution is -0.144. The molecule has 1 aliphatic heterocycles. The number of carbonyl (C=O) groups is 1. The van der Waals surface area contributed by atoms with Crippen LogP contribution in [-0.4, -0.2) is 25.3 Å². The van der Waals surface area contributed by atoms with Crippen molar-refractivity contribution in [2.24, 2.45) is 0 Å². The van der Waals surface area contributed by atoms with E-state index in [1.165, 1.54) is 0 Å². The van der Waals surface area contributed by atoms with Crippen LogP contribution >= 0.6 is 0 Å². The Morgan fingerprint density at radius 1 is 1.75 bits per heavy atom. The first-order valence-corrected chi connectivity index (χ1v) is 4.21. The molecule has 1 rings (SSSR count). The summed E-state index contributed by atoms with van der Waals surface area (Å²) in [5.41, 5.74) is 0. The van der Waals surface area contributed by atoms with E-state index in [9.17, 15) is 4.79 Å². The quantitative estimate of drug-likeness (QED) is 0.354. The summed E-state index contributed by atoms with van der Waals surface area (Å²) in [6.07, 6.45) is 5.29. The molecule has 0 amide bonds. The monoisotopic (exact) mass is 170 g/mol. The number of epoxide rings is 1. The SMILES string of the molecule is C/C=C/CCC(=O)OCC1CO1. The van der Waals surface area contributed by atoms with Crippen LogP contribution in [0.25, 0.3) is 0 Å². The first-order chi connectivity index (χ1) is 5.83. The molecule has 1 atom stereocenters. The van der Waals surface area contributed by atoms with Gasteiger partial charge in [-0.1, -0.05) is 12.2 Å². The summed E-state index contributed by atoms with van der Waals surface area (Å²) >= 11 is 0. The first-order valence-electron chi connectivity index (χ1n) is 4.21. The second kappa shape index (κ2) is 4.93. The molecule has 1 fully saturated rings. The second-order valence-corrected chi connectivity index (χ2v) is 2.75. The molecule has 0 spiro atoms. The molecule has 0 aromatic carbocycles. The molecule has 0 aliphatic carbocycles. The standard InChI is InChI=1S/C9H14O3/c1-2-3-4-5-9(10)12-7-8-6-11-8/h2-3,8H,4-7H2,1H3/b3-2+. The Balaban J connectivity index is 1.94. The van der Waals surface area contributed by atoms with Gasteiger partial charge < -0.3 is 9.47 Å². The van der Waals surface area contributed by atoms with Gasteiger partial charge in [0.25, 0.3) is 0 Å². The summed E-state index contributed by atoms with van der Waals surface area (Å²) in [4.78, 5) is 10.9. The zero-order valence-electron chi connectivity index (χ0n) is 7.29. The molecule has 12 heavy (non-hydrogen) atoms. The van der Waals surface area contributed by atoms with E-state index in [-0.39, 0.29) is 12.1 Å². The van der Waals surface area contributed by atoms with Crippen LogP contribution in [0.3, 0.4) is 0 Å². The largest absolute Gasteiger partial charge is 0.463 e. The molecule has 1 unspecified atom stereocenters. The summed E-state index contributed by atoms with van der Waals surface area (Å²) in [5.74, 6) is -0.136. The van der Waals surface area contributed by atoms with Crippen LogP contribution in [-0.2, 0) is 14.3 Å².